The molecule has 1 saturated carbocycles. The van der Waals surface area contributed by atoms with Gasteiger partial charge in [0.1, 0.15) is 5.82 Å². The first-order chi connectivity index (χ1) is 11.2. The van der Waals surface area contributed by atoms with Gasteiger partial charge >= 0.3 is 0 Å². The predicted octanol–water partition coefficient (Wildman–Crippen LogP) is 3.32. The highest BCUT2D eigenvalue weighted by atomic mass is 35.5. The Labute approximate surface area is 140 Å². The van der Waals surface area contributed by atoms with Crippen LogP contribution in [0.25, 0.3) is 11.3 Å². The summed E-state index contributed by atoms with van der Waals surface area (Å²) in [6.07, 6.45) is 3.96. The second-order valence-electron chi connectivity index (χ2n) is 5.90. The summed E-state index contributed by atoms with van der Waals surface area (Å²) in [5.74, 6) is 1.33. The number of halogens is 1. The van der Waals surface area contributed by atoms with E-state index in [-0.39, 0.29) is 12.5 Å². The van der Waals surface area contributed by atoms with Gasteiger partial charge in [-0.25, -0.2) is 4.68 Å². The molecule has 0 atom stereocenters. The summed E-state index contributed by atoms with van der Waals surface area (Å²) in [4.78, 5) is 12.1. The molecular weight excluding hydrogens is 314 g/mol. The highest BCUT2D eigenvalue weighted by Crippen LogP contribution is 2.33. The minimum absolute atomic E-state index is 0.00589. The first-order valence-corrected chi connectivity index (χ1v) is 8.28. The molecule has 6 heteroatoms. The molecule has 1 aliphatic carbocycles. The van der Waals surface area contributed by atoms with Crippen LogP contribution < -0.4 is 5.32 Å². The van der Waals surface area contributed by atoms with Gasteiger partial charge in [0.15, 0.2) is 0 Å². The van der Waals surface area contributed by atoms with E-state index in [4.69, 9.17) is 11.6 Å². The van der Waals surface area contributed by atoms with Crippen molar-refractivity contribution in [3.05, 3.63) is 35.4 Å². The first-order valence-electron chi connectivity index (χ1n) is 7.90. The average Bonchev–Trinajstić information content (AvgIpc) is 3.28. The monoisotopic (exact) mass is 333 g/mol. The third-order valence-corrected chi connectivity index (χ3v) is 4.19. The zero-order valence-electron chi connectivity index (χ0n) is 12.8. The van der Waals surface area contributed by atoms with Gasteiger partial charge in [0.05, 0.1) is 18.8 Å². The third-order valence-electron chi connectivity index (χ3n) is 3.96. The minimum atomic E-state index is -0.0401. The SMILES string of the molecule is O=C(CCC1CC1)Nc1cc(-c2cccc(Cl)c2)nn1CCO. The quantitative estimate of drug-likeness (QED) is 0.816. The van der Waals surface area contributed by atoms with Crippen molar-refractivity contribution in [3.8, 4) is 11.3 Å². The van der Waals surface area contributed by atoms with Crippen LogP contribution in [0.4, 0.5) is 5.82 Å². The highest BCUT2D eigenvalue weighted by molar-refractivity contribution is 6.30. The number of rotatable bonds is 7. The van der Waals surface area contributed by atoms with Crippen LogP contribution in [0.3, 0.4) is 0 Å². The molecule has 0 aliphatic heterocycles. The van der Waals surface area contributed by atoms with Gasteiger partial charge in [-0.3, -0.25) is 4.79 Å². The number of nitrogens with zero attached hydrogens (tertiary/aromatic N) is 2. The number of aliphatic hydroxyl groups is 1. The molecule has 2 N–H and O–H groups in total. The molecule has 1 aromatic carbocycles. The second-order valence-corrected chi connectivity index (χ2v) is 6.34. The molecule has 0 unspecified atom stereocenters. The zero-order chi connectivity index (χ0) is 16.2. The van der Waals surface area contributed by atoms with Gasteiger partial charge in [-0.1, -0.05) is 36.6 Å². The molecule has 2 aromatic rings. The number of aliphatic hydroxyl groups excluding tert-OH is 1. The summed E-state index contributed by atoms with van der Waals surface area (Å²) in [6.45, 7) is 0.292. The average molecular weight is 334 g/mol. The van der Waals surface area contributed by atoms with Crippen molar-refractivity contribution < 1.29 is 9.90 Å². The molecule has 5 nitrogen and oxygen atoms in total. The fourth-order valence-corrected chi connectivity index (χ4v) is 2.71. The van der Waals surface area contributed by atoms with Gasteiger partial charge in [-0.15, -0.1) is 0 Å². The van der Waals surface area contributed by atoms with E-state index >= 15 is 0 Å². The number of aromatic nitrogens is 2. The van der Waals surface area contributed by atoms with E-state index in [2.05, 4.69) is 10.4 Å². The van der Waals surface area contributed by atoms with Gasteiger partial charge in [0, 0.05) is 23.1 Å². The van der Waals surface area contributed by atoms with Gasteiger partial charge in [-0.2, -0.15) is 5.10 Å². The number of amides is 1. The van der Waals surface area contributed by atoms with Gasteiger partial charge in [0.2, 0.25) is 5.91 Å². The lowest BCUT2D eigenvalue weighted by Gasteiger charge is -2.07. The lowest BCUT2D eigenvalue weighted by Crippen LogP contribution is -2.16. The Morgan fingerprint density at radius 3 is 2.91 bits per heavy atom. The summed E-state index contributed by atoms with van der Waals surface area (Å²) in [6, 6.07) is 9.21. The fourth-order valence-electron chi connectivity index (χ4n) is 2.52. The maximum absolute atomic E-state index is 12.1. The lowest BCUT2D eigenvalue weighted by atomic mass is 10.1. The zero-order valence-corrected chi connectivity index (χ0v) is 13.6. The van der Waals surface area contributed by atoms with E-state index in [0.29, 0.717) is 23.8 Å². The van der Waals surface area contributed by atoms with E-state index < -0.39 is 0 Å². The van der Waals surface area contributed by atoms with Crippen molar-refractivity contribution in [1.82, 2.24) is 9.78 Å². The van der Waals surface area contributed by atoms with Gasteiger partial charge in [-0.05, 0) is 24.5 Å². The number of anilines is 1. The number of carbonyl (C=O) groups is 1. The van der Waals surface area contributed by atoms with E-state index in [1.165, 1.54) is 12.8 Å². The highest BCUT2D eigenvalue weighted by Gasteiger charge is 2.22. The maximum Gasteiger partial charge on any atom is 0.225 e. The molecule has 122 valence electrons. The molecule has 3 rings (SSSR count). The van der Waals surface area contributed by atoms with Gasteiger partial charge in [0.25, 0.3) is 0 Å². The van der Waals surface area contributed by atoms with Crippen LogP contribution in [0.5, 0.6) is 0 Å². The summed E-state index contributed by atoms with van der Waals surface area (Å²) in [5, 5.41) is 17.2. The van der Waals surface area contributed by atoms with Crippen LogP contribution in [0.15, 0.2) is 30.3 Å². The van der Waals surface area contributed by atoms with Crippen molar-refractivity contribution in [1.29, 1.82) is 0 Å². The summed E-state index contributed by atoms with van der Waals surface area (Å²) >= 11 is 6.02. The molecule has 1 heterocycles. The topological polar surface area (TPSA) is 67.2 Å². The Balaban J connectivity index is 1.76. The molecule has 23 heavy (non-hydrogen) atoms. The van der Waals surface area contributed by atoms with Crippen LogP contribution in [-0.2, 0) is 11.3 Å². The van der Waals surface area contributed by atoms with Crippen LogP contribution in [-0.4, -0.2) is 27.4 Å². The van der Waals surface area contributed by atoms with Crippen molar-refractivity contribution in [2.75, 3.05) is 11.9 Å². The Bertz CT molecular complexity index is 695. The van der Waals surface area contributed by atoms with Crippen molar-refractivity contribution in [3.63, 3.8) is 0 Å². The molecule has 0 bridgehead atoms. The fraction of sp³-hybridized carbons (Fsp3) is 0.412. The lowest BCUT2D eigenvalue weighted by molar-refractivity contribution is -0.116. The number of hydrogen-bond donors (Lipinski definition) is 2. The van der Waals surface area contributed by atoms with Crippen molar-refractivity contribution in [2.24, 2.45) is 5.92 Å². The largest absolute Gasteiger partial charge is 0.394 e. The molecule has 1 amide bonds. The number of benzene rings is 1. The summed E-state index contributed by atoms with van der Waals surface area (Å²) in [5.41, 5.74) is 1.60. The predicted molar refractivity (Wildman–Crippen MR) is 90.3 cm³/mol. The van der Waals surface area contributed by atoms with Crippen LogP contribution in [0, 0.1) is 5.92 Å². The second kappa shape index (κ2) is 7.15. The van der Waals surface area contributed by atoms with E-state index in [9.17, 15) is 9.90 Å². The van der Waals surface area contributed by atoms with Gasteiger partial charge < -0.3 is 10.4 Å². The number of hydrogen-bond acceptors (Lipinski definition) is 3. The Kier molecular flexibility index (Phi) is 4.98. The maximum atomic E-state index is 12.1. The van der Waals surface area contributed by atoms with E-state index in [0.717, 1.165) is 23.6 Å². The molecule has 1 aliphatic rings. The minimum Gasteiger partial charge on any atom is -0.394 e. The molecule has 0 radical (unpaired) electrons. The molecule has 1 fully saturated rings. The van der Waals surface area contributed by atoms with Crippen molar-refractivity contribution in [2.45, 2.75) is 32.2 Å². The number of carbonyl (C=O) groups excluding carboxylic acids is 1. The Morgan fingerprint density at radius 1 is 1.39 bits per heavy atom. The van der Waals surface area contributed by atoms with E-state index in [1.54, 1.807) is 10.7 Å². The molecule has 1 aromatic heterocycles. The van der Waals surface area contributed by atoms with E-state index in [1.807, 2.05) is 24.3 Å². The Hall–Kier alpha value is -1.85. The first kappa shape index (κ1) is 16.0. The number of nitrogens with one attached hydrogen (secondary N) is 1. The third kappa shape index (κ3) is 4.33. The summed E-state index contributed by atoms with van der Waals surface area (Å²) < 4.78 is 1.62. The summed E-state index contributed by atoms with van der Waals surface area (Å²) in [7, 11) is 0. The Morgan fingerprint density at radius 2 is 2.22 bits per heavy atom. The smallest absolute Gasteiger partial charge is 0.225 e. The van der Waals surface area contributed by atoms with Crippen molar-refractivity contribution >= 4 is 23.3 Å². The molecule has 0 saturated heterocycles. The molecule has 0 spiro atoms. The van der Waals surface area contributed by atoms with Crippen LogP contribution in [0.1, 0.15) is 25.7 Å². The molecular formula is C17H20ClN3O2. The standard InChI is InChI=1S/C17H20ClN3O2/c18-14-3-1-2-13(10-14)15-11-16(21(20-15)8-9-22)19-17(23)7-6-12-4-5-12/h1-3,10-12,22H,4-9H2,(H,19,23). The van der Waals surface area contributed by atoms with Crippen LogP contribution in [0.2, 0.25) is 5.02 Å². The van der Waals surface area contributed by atoms with Crippen LogP contribution >= 0.6 is 11.6 Å². The normalized spacial score (nSPS) is 14.0.